The molecule has 0 aliphatic carbocycles. The van der Waals surface area contributed by atoms with Gasteiger partial charge in [-0.15, -0.1) is 0 Å². The first-order valence-electron chi connectivity index (χ1n) is 13.2. The number of amides is 2. The van der Waals surface area contributed by atoms with Crippen molar-refractivity contribution in [1.82, 2.24) is 10.2 Å². The van der Waals surface area contributed by atoms with Crippen molar-refractivity contribution in [3.8, 4) is 5.75 Å². The fourth-order valence-corrected chi connectivity index (χ4v) is 5.68. The largest absolute Gasteiger partial charge is 0.495 e. The lowest BCUT2D eigenvalue weighted by Gasteiger charge is -2.32. The number of carbonyl (C=O) groups is 2. The summed E-state index contributed by atoms with van der Waals surface area (Å²) in [5.74, 6) is -0.842. The minimum absolute atomic E-state index is 0.00865. The Kier molecular flexibility index (Phi) is 11.5. The molecule has 8 nitrogen and oxygen atoms in total. The number of benzene rings is 3. The predicted molar refractivity (Wildman–Crippen MR) is 159 cm³/mol. The number of carbonyl (C=O) groups excluding carboxylic acids is 2. The third kappa shape index (κ3) is 8.93. The molecule has 3 aromatic rings. The van der Waals surface area contributed by atoms with Crippen molar-refractivity contribution in [2.24, 2.45) is 0 Å². The van der Waals surface area contributed by atoms with Crippen molar-refractivity contribution in [1.29, 1.82) is 0 Å². The molecule has 0 unspecified atom stereocenters. The summed E-state index contributed by atoms with van der Waals surface area (Å²) < 4.78 is 46.2. The van der Waals surface area contributed by atoms with Crippen LogP contribution in [-0.4, -0.2) is 57.6 Å². The second-order valence-electron chi connectivity index (χ2n) is 9.47. The van der Waals surface area contributed by atoms with Crippen LogP contribution in [0.4, 0.5) is 10.1 Å². The third-order valence-electron chi connectivity index (χ3n) is 6.50. The molecule has 0 fully saturated rings. The van der Waals surface area contributed by atoms with Crippen LogP contribution in [0.15, 0.2) is 72.8 Å². The summed E-state index contributed by atoms with van der Waals surface area (Å²) in [4.78, 5) is 28.3. The van der Waals surface area contributed by atoms with Gasteiger partial charge in [-0.1, -0.05) is 60.1 Å². The molecule has 0 bridgehead atoms. The van der Waals surface area contributed by atoms with Crippen molar-refractivity contribution in [3.63, 3.8) is 0 Å². The van der Waals surface area contributed by atoms with E-state index in [1.807, 2.05) is 30.3 Å². The fourth-order valence-electron chi connectivity index (χ4n) is 4.47. The van der Waals surface area contributed by atoms with Crippen LogP contribution >= 0.6 is 11.6 Å². The van der Waals surface area contributed by atoms with Crippen LogP contribution in [0.25, 0.3) is 0 Å². The Morgan fingerprint density at radius 2 is 1.73 bits per heavy atom. The van der Waals surface area contributed by atoms with E-state index in [1.54, 1.807) is 37.3 Å². The topological polar surface area (TPSA) is 96.0 Å². The van der Waals surface area contributed by atoms with E-state index in [9.17, 15) is 22.4 Å². The highest BCUT2D eigenvalue weighted by Gasteiger charge is 2.31. The number of hydrogen-bond acceptors (Lipinski definition) is 5. The van der Waals surface area contributed by atoms with Crippen LogP contribution in [0.5, 0.6) is 5.75 Å². The van der Waals surface area contributed by atoms with Gasteiger partial charge in [0.1, 0.15) is 17.6 Å². The molecule has 0 saturated heterocycles. The van der Waals surface area contributed by atoms with Crippen LogP contribution in [-0.2, 0) is 32.6 Å². The van der Waals surface area contributed by atoms with Crippen molar-refractivity contribution in [2.45, 2.75) is 38.8 Å². The molecule has 0 heterocycles. The molecule has 41 heavy (non-hydrogen) atoms. The molecule has 220 valence electrons. The Morgan fingerprint density at radius 3 is 2.34 bits per heavy atom. The van der Waals surface area contributed by atoms with Gasteiger partial charge in [-0.2, -0.15) is 0 Å². The normalized spacial score (nSPS) is 11.9. The number of likely N-dealkylation sites (N-methyl/N-ethyl adjacent to an activating group) is 1. The zero-order valence-electron chi connectivity index (χ0n) is 23.3. The molecular formula is C30H35ClFN3O5S. The summed E-state index contributed by atoms with van der Waals surface area (Å²) in [6.07, 6.45) is 1.38. The molecule has 0 aliphatic heterocycles. The highest BCUT2D eigenvalue weighted by Crippen LogP contribution is 2.30. The highest BCUT2D eigenvalue weighted by atomic mass is 35.5. The Morgan fingerprint density at radius 1 is 1.05 bits per heavy atom. The maximum atomic E-state index is 14.7. The smallest absolute Gasteiger partial charge is 0.243 e. The number of nitrogens with one attached hydrogen (secondary N) is 1. The fraction of sp³-hybridized carbons (Fsp3) is 0.333. The SMILES string of the molecule is CCNC(=O)[C@H](Cc1ccccc1)N(Cc1ccccc1F)C(=O)CCCN(c1ccc(OC)c(Cl)c1)S(C)(=O)=O. The Bertz CT molecular complexity index is 1440. The van der Waals surface area contributed by atoms with Gasteiger partial charge in [0.2, 0.25) is 21.8 Å². The summed E-state index contributed by atoms with van der Waals surface area (Å²) >= 11 is 6.22. The van der Waals surface area contributed by atoms with Gasteiger partial charge in [0.25, 0.3) is 0 Å². The van der Waals surface area contributed by atoms with E-state index in [-0.39, 0.29) is 48.8 Å². The van der Waals surface area contributed by atoms with E-state index in [0.717, 1.165) is 16.1 Å². The quantitative estimate of drug-likeness (QED) is 0.285. The van der Waals surface area contributed by atoms with Gasteiger partial charge in [-0.25, -0.2) is 12.8 Å². The lowest BCUT2D eigenvalue weighted by atomic mass is 10.0. The maximum absolute atomic E-state index is 14.7. The Labute approximate surface area is 246 Å². The zero-order chi connectivity index (χ0) is 30.0. The summed E-state index contributed by atoms with van der Waals surface area (Å²) in [5.41, 5.74) is 1.45. The number of nitrogens with zero attached hydrogens (tertiary/aromatic N) is 2. The van der Waals surface area contributed by atoms with Gasteiger partial charge < -0.3 is 15.0 Å². The van der Waals surface area contributed by atoms with E-state index in [0.29, 0.717) is 18.0 Å². The summed E-state index contributed by atoms with van der Waals surface area (Å²) in [6.45, 7) is 2.01. The van der Waals surface area contributed by atoms with Gasteiger partial charge in [0.05, 0.1) is 24.1 Å². The first kappa shape index (κ1) is 31.9. The minimum Gasteiger partial charge on any atom is -0.495 e. The van der Waals surface area contributed by atoms with E-state index in [4.69, 9.17) is 16.3 Å². The van der Waals surface area contributed by atoms with Gasteiger partial charge >= 0.3 is 0 Å². The van der Waals surface area contributed by atoms with Crippen LogP contribution in [0.1, 0.15) is 30.9 Å². The molecule has 11 heteroatoms. The first-order chi connectivity index (χ1) is 19.5. The Hall–Kier alpha value is -3.63. The zero-order valence-corrected chi connectivity index (χ0v) is 24.9. The standard InChI is InChI=1S/C30H35ClFN3O5S/c1-4-33-30(37)27(19-22-11-6-5-7-12-22)34(21-23-13-8-9-14-26(23)32)29(36)15-10-18-35(41(3,38)39)24-16-17-28(40-2)25(31)20-24/h5-9,11-14,16-17,20,27H,4,10,15,18-19,21H2,1-3H3,(H,33,37)/t27-/m0/s1. The van der Waals surface area contributed by atoms with Gasteiger partial charge in [0.15, 0.2) is 0 Å². The maximum Gasteiger partial charge on any atom is 0.243 e. The molecule has 3 rings (SSSR count). The molecule has 1 atom stereocenters. The number of methoxy groups -OCH3 is 1. The van der Waals surface area contributed by atoms with Crippen molar-refractivity contribution >= 4 is 39.1 Å². The monoisotopic (exact) mass is 603 g/mol. The molecule has 0 radical (unpaired) electrons. The second-order valence-corrected chi connectivity index (χ2v) is 11.8. The highest BCUT2D eigenvalue weighted by molar-refractivity contribution is 7.92. The molecular weight excluding hydrogens is 569 g/mol. The van der Waals surface area contributed by atoms with E-state index < -0.39 is 27.8 Å². The van der Waals surface area contributed by atoms with Gasteiger partial charge in [-0.3, -0.25) is 13.9 Å². The number of ether oxygens (including phenoxy) is 1. The number of rotatable bonds is 14. The van der Waals surface area contributed by atoms with Crippen LogP contribution in [0.3, 0.4) is 0 Å². The first-order valence-corrected chi connectivity index (χ1v) is 15.4. The molecule has 3 aromatic carbocycles. The molecule has 0 spiro atoms. The summed E-state index contributed by atoms with van der Waals surface area (Å²) in [5, 5.41) is 3.04. The predicted octanol–water partition coefficient (Wildman–Crippen LogP) is 4.81. The van der Waals surface area contributed by atoms with E-state index in [1.165, 1.54) is 24.1 Å². The van der Waals surface area contributed by atoms with Gasteiger partial charge in [-0.05, 0) is 43.2 Å². The van der Waals surface area contributed by atoms with Gasteiger partial charge in [0, 0.05) is 38.0 Å². The summed E-state index contributed by atoms with van der Waals surface area (Å²) in [6, 6.07) is 19.1. The number of anilines is 1. The third-order valence-corrected chi connectivity index (χ3v) is 7.99. The average molecular weight is 604 g/mol. The summed E-state index contributed by atoms with van der Waals surface area (Å²) in [7, 11) is -2.25. The van der Waals surface area contributed by atoms with E-state index in [2.05, 4.69) is 5.32 Å². The van der Waals surface area contributed by atoms with Crippen molar-refractivity contribution in [2.75, 3.05) is 30.8 Å². The lowest BCUT2D eigenvalue weighted by Crippen LogP contribution is -2.50. The van der Waals surface area contributed by atoms with Crippen LogP contribution in [0, 0.1) is 5.82 Å². The number of sulfonamides is 1. The van der Waals surface area contributed by atoms with Crippen molar-refractivity contribution in [3.05, 3.63) is 94.8 Å². The van der Waals surface area contributed by atoms with Crippen LogP contribution < -0.4 is 14.4 Å². The average Bonchev–Trinajstić information content (AvgIpc) is 2.93. The van der Waals surface area contributed by atoms with Crippen molar-refractivity contribution < 1.29 is 27.1 Å². The molecule has 0 aromatic heterocycles. The molecule has 2 amide bonds. The second kappa shape index (κ2) is 14.8. The molecule has 0 aliphatic rings. The number of hydrogen-bond donors (Lipinski definition) is 1. The number of halogens is 2. The minimum atomic E-state index is -3.71. The van der Waals surface area contributed by atoms with E-state index >= 15 is 0 Å². The Balaban J connectivity index is 1.87. The molecule has 0 saturated carbocycles. The molecule has 1 N–H and O–H groups in total. The lowest BCUT2D eigenvalue weighted by molar-refractivity contribution is -0.141. The van der Waals surface area contributed by atoms with Crippen LogP contribution in [0.2, 0.25) is 5.02 Å².